The molecule has 4 N–H and O–H groups in total. The largest absolute Gasteiger partial charge is 0.479 e. The van der Waals surface area contributed by atoms with Crippen LogP contribution in [0.25, 0.3) is 0 Å². The van der Waals surface area contributed by atoms with Crippen LogP contribution in [0.15, 0.2) is 44.4 Å². The summed E-state index contributed by atoms with van der Waals surface area (Å²) in [6.07, 6.45) is 0.191. The maximum atomic E-state index is 10.5. The first kappa shape index (κ1) is 19.4. The van der Waals surface area contributed by atoms with Crippen molar-refractivity contribution in [1.29, 1.82) is 0 Å². The lowest BCUT2D eigenvalue weighted by molar-refractivity contribution is -0.0631. The van der Waals surface area contributed by atoms with Crippen LogP contribution >= 0.6 is 0 Å². The zero-order chi connectivity index (χ0) is 20.4. The third-order valence-corrected chi connectivity index (χ3v) is 5.09. The third-order valence-electron chi connectivity index (χ3n) is 5.09. The second-order valence-corrected chi connectivity index (χ2v) is 6.98. The minimum Gasteiger partial charge on any atom is -0.479 e. The number of hydrogen-bond acceptors (Lipinski definition) is 11. The molecule has 1 aromatic rings. The smallest absolute Gasteiger partial charge is 0.221 e. The van der Waals surface area contributed by atoms with Crippen LogP contribution in [0.1, 0.15) is 12.0 Å². The Morgan fingerprint density at radius 1 is 1.34 bits per heavy atom. The maximum absolute atomic E-state index is 10.5. The van der Waals surface area contributed by atoms with Gasteiger partial charge in [0, 0.05) is 12.8 Å². The summed E-state index contributed by atoms with van der Waals surface area (Å²) >= 11 is 0. The SMILES string of the molecule is NC1=NC2C(N=CN2C2CC(O)C(CO)O2)C(OCCc2ccc(N=O)cc2)=N1. The lowest BCUT2D eigenvalue weighted by Crippen LogP contribution is -2.48. The summed E-state index contributed by atoms with van der Waals surface area (Å²) in [5, 5.41) is 22.2. The molecule has 1 saturated heterocycles. The molecule has 1 aromatic carbocycles. The number of rotatable bonds is 6. The average Bonchev–Trinajstić information content (AvgIpc) is 3.31. The van der Waals surface area contributed by atoms with E-state index in [2.05, 4.69) is 20.2 Å². The molecule has 3 heterocycles. The van der Waals surface area contributed by atoms with Crippen molar-refractivity contribution < 1.29 is 19.7 Å². The van der Waals surface area contributed by atoms with E-state index in [0.717, 1.165) is 5.56 Å². The van der Waals surface area contributed by atoms with E-state index in [-0.39, 0.29) is 12.6 Å². The van der Waals surface area contributed by atoms with E-state index >= 15 is 0 Å². The highest BCUT2D eigenvalue weighted by molar-refractivity contribution is 5.99. The van der Waals surface area contributed by atoms with E-state index < -0.39 is 30.6 Å². The standard InChI is InChI=1S/C18H22N6O5/c19-18-21-16-15(20-9-24(16)14-7-12(26)13(8-25)29-14)17(22-18)28-6-5-10-1-3-11(23-27)4-2-10/h1-4,9,12-16,25-26H,5-8H2,(H2,19,21). The van der Waals surface area contributed by atoms with Gasteiger partial charge in [0.2, 0.25) is 11.9 Å². The van der Waals surface area contributed by atoms with Crippen molar-refractivity contribution in [3.8, 4) is 0 Å². The van der Waals surface area contributed by atoms with Gasteiger partial charge >= 0.3 is 0 Å². The van der Waals surface area contributed by atoms with E-state index in [4.69, 9.17) is 15.2 Å². The number of aliphatic hydroxyl groups is 2. The summed E-state index contributed by atoms with van der Waals surface area (Å²) < 4.78 is 11.5. The van der Waals surface area contributed by atoms with E-state index in [1.807, 2.05) is 12.1 Å². The maximum Gasteiger partial charge on any atom is 0.221 e. The number of guanidine groups is 1. The van der Waals surface area contributed by atoms with Gasteiger partial charge in [-0.1, -0.05) is 12.1 Å². The van der Waals surface area contributed by atoms with Crippen LogP contribution in [-0.4, -0.2) is 77.2 Å². The Bertz CT molecular complexity index is 842. The first-order valence-corrected chi connectivity index (χ1v) is 9.31. The number of ether oxygens (including phenoxy) is 2. The zero-order valence-corrected chi connectivity index (χ0v) is 15.5. The van der Waals surface area contributed by atoms with Crippen LogP contribution < -0.4 is 5.73 Å². The molecule has 1 fully saturated rings. The van der Waals surface area contributed by atoms with Gasteiger partial charge in [-0.3, -0.25) is 4.99 Å². The first-order valence-electron chi connectivity index (χ1n) is 9.31. The van der Waals surface area contributed by atoms with Gasteiger partial charge in [-0.15, -0.1) is 4.91 Å². The fourth-order valence-electron chi connectivity index (χ4n) is 3.55. The Balaban J connectivity index is 1.38. The normalized spacial score (nSPS) is 30.7. The summed E-state index contributed by atoms with van der Waals surface area (Å²) in [6.45, 7) is 0.0891. The molecule has 11 heteroatoms. The number of nitrogens with two attached hydrogens (primary N) is 1. The fraction of sp³-hybridized carbons (Fsp3) is 0.500. The Morgan fingerprint density at radius 3 is 2.83 bits per heavy atom. The van der Waals surface area contributed by atoms with Crippen LogP contribution in [0, 0.1) is 4.91 Å². The highest BCUT2D eigenvalue weighted by Gasteiger charge is 2.45. The van der Waals surface area contributed by atoms with Crippen molar-refractivity contribution in [2.24, 2.45) is 25.9 Å². The molecule has 29 heavy (non-hydrogen) atoms. The zero-order valence-electron chi connectivity index (χ0n) is 15.5. The van der Waals surface area contributed by atoms with Gasteiger partial charge in [0.15, 0.2) is 12.2 Å². The van der Waals surface area contributed by atoms with Crippen LogP contribution in [0.4, 0.5) is 5.69 Å². The number of aliphatic imine (C=N–C) groups is 3. The Hall–Kier alpha value is -2.89. The van der Waals surface area contributed by atoms with Crippen LogP contribution in [-0.2, 0) is 15.9 Å². The number of aliphatic hydroxyl groups excluding tert-OH is 2. The summed E-state index contributed by atoms with van der Waals surface area (Å²) in [6, 6.07) is 6.47. The molecule has 0 aliphatic carbocycles. The molecule has 0 aromatic heterocycles. The predicted molar refractivity (Wildman–Crippen MR) is 105 cm³/mol. The average molecular weight is 402 g/mol. The van der Waals surface area contributed by atoms with Crippen LogP contribution in [0.3, 0.4) is 0 Å². The molecular formula is C18H22N6O5. The van der Waals surface area contributed by atoms with Gasteiger partial charge in [0.25, 0.3) is 0 Å². The second-order valence-electron chi connectivity index (χ2n) is 6.98. The topological polar surface area (TPSA) is 155 Å². The number of hydrogen-bond donors (Lipinski definition) is 3. The van der Waals surface area contributed by atoms with Crippen molar-refractivity contribution in [1.82, 2.24) is 4.90 Å². The predicted octanol–water partition coefficient (Wildman–Crippen LogP) is -0.123. The molecule has 0 amide bonds. The molecule has 5 atom stereocenters. The van der Waals surface area contributed by atoms with Crippen LogP contribution in [0.5, 0.6) is 0 Å². The molecule has 0 radical (unpaired) electrons. The minimum absolute atomic E-state index is 0.0791. The highest BCUT2D eigenvalue weighted by Crippen LogP contribution is 2.30. The van der Waals surface area contributed by atoms with E-state index in [0.29, 0.717) is 31.0 Å². The first-order chi connectivity index (χ1) is 14.1. The van der Waals surface area contributed by atoms with Crippen molar-refractivity contribution >= 4 is 23.9 Å². The van der Waals surface area contributed by atoms with Gasteiger partial charge in [-0.25, -0.2) is 4.99 Å². The minimum atomic E-state index is -0.757. The van der Waals surface area contributed by atoms with Crippen molar-refractivity contribution in [2.45, 2.75) is 43.5 Å². The van der Waals surface area contributed by atoms with E-state index in [9.17, 15) is 15.1 Å². The highest BCUT2D eigenvalue weighted by atomic mass is 16.5. The molecule has 0 saturated carbocycles. The lowest BCUT2D eigenvalue weighted by atomic mass is 10.1. The van der Waals surface area contributed by atoms with Gasteiger partial charge in [-0.05, 0) is 22.9 Å². The molecule has 0 bridgehead atoms. The van der Waals surface area contributed by atoms with Crippen molar-refractivity contribution in [2.75, 3.05) is 13.2 Å². The van der Waals surface area contributed by atoms with Gasteiger partial charge in [-0.2, -0.15) is 4.99 Å². The van der Waals surface area contributed by atoms with Gasteiger partial charge in [0.1, 0.15) is 18.0 Å². The molecular weight excluding hydrogens is 380 g/mol. The van der Waals surface area contributed by atoms with Gasteiger partial charge < -0.3 is 30.3 Å². The number of nitrogens with zero attached hydrogens (tertiary/aromatic N) is 5. The molecule has 5 unspecified atom stereocenters. The van der Waals surface area contributed by atoms with Crippen molar-refractivity contribution in [3.63, 3.8) is 0 Å². The summed E-state index contributed by atoms with van der Waals surface area (Å²) in [4.78, 5) is 25.2. The monoisotopic (exact) mass is 402 g/mol. The number of nitroso groups, excluding NO2 is 1. The quantitative estimate of drug-likeness (QED) is 0.560. The lowest BCUT2D eigenvalue weighted by Gasteiger charge is -2.31. The summed E-state index contributed by atoms with van der Waals surface area (Å²) in [7, 11) is 0. The summed E-state index contributed by atoms with van der Waals surface area (Å²) in [5.41, 5.74) is 7.24. The fourth-order valence-corrected chi connectivity index (χ4v) is 3.55. The van der Waals surface area contributed by atoms with E-state index in [1.54, 1.807) is 23.4 Å². The molecule has 0 spiro atoms. The second kappa shape index (κ2) is 8.23. The Kier molecular flexibility index (Phi) is 5.51. The third kappa shape index (κ3) is 3.97. The van der Waals surface area contributed by atoms with Crippen molar-refractivity contribution in [3.05, 3.63) is 34.7 Å². The number of benzene rings is 1. The molecule has 3 aliphatic rings. The Labute approximate surface area is 166 Å². The summed E-state index contributed by atoms with van der Waals surface area (Å²) in [5.74, 6) is 0.445. The van der Waals surface area contributed by atoms with E-state index in [1.165, 1.54) is 0 Å². The molecule has 4 rings (SSSR count). The molecule has 154 valence electrons. The molecule has 11 nitrogen and oxygen atoms in total. The Morgan fingerprint density at radius 2 is 2.14 bits per heavy atom. The van der Waals surface area contributed by atoms with Crippen LogP contribution in [0.2, 0.25) is 0 Å². The molecule has 3 aliphatic heterocycles. The number of fused-ring (bicyclic) bond motifs is 1. The van der Waals surface area contributed by atoms with Gasteiger partial charge in [0.05, 0.1) is 25.7 Å².